The average Bonchev–Trinajstić information content (AvgIpc) is 2.31. The summed E-state index contributed by atoms with van der Waals surface area (Å²) in [5.41, 5.74) is 0.705. The van der Waals surface area contributed by atoms with Gasteiger partial charge in [0.2, 0.25) is 0 Å². The third-order valence-electron chi connectivity index (χ3n) is 2.48. The van der Waals surface area contributed by atoms with E-state index in [0.717, 1.165) is 0 Å². The highest BCUT2D eigenvalue weighted by Gasteiger charge is 2.35. The zero-order valence-corrected chi connectivity index (χ0v) is 15.3. The standard InChI is InChI=1S/C14H22Cl2NO3P/c1-9(2)19-21(18,20-10(3)4)11(5)17-12-6-7-13(15)14(16)8-12/h6-11,17H,1-5H3/t11-/m0/s1. The van der Waals surface area contributed by atoms with Gasteiger partial charge in [-0.3, -0.25) is 4.57 Å². The zero-order chi connectivity index (χ0) is 16.2. The highest BCUT2D eigenvalue weighted by Crippen LogP contribution is 2.55. The Kier molecular flexibility index (Phi) is 7.02. The monoisotopic (exact) mass is 353 g/mol. The summed E-state index contributed by atoms with van der Waals surface area (Å²) < 4.78 is 24.0. The maximum Gasteiger partial charge on any atom is 0.352 e. The van der Waals surface area contributed by atoms with Crippen LogP contribution in [0.3, 0.4) is 0 Å². The molecule has 0 aliphatic carbocycles. The average molecular weight is 354 g/mol. The molecule has 0 aromatic heterocycles. The number of nitrogens with one attached hydrogen (secondary N) is 1. The minimum absolute atomic E-state index is 0.201. The van der Waals surface area contributed by atoms with Gasteiger partial charge in [-0.05, 0) is 52.8 Å². The first kappa shape index (κ1) is 18.8. The lowest BCUT2D eigenvalue weighted by molar-refractivity contribution is 0.139. The third-order valence-corrected chi connectivity index (χ3v) is 5.73. The predicted molar refractivity (Wildman–Crippen MR) is 89.6 cm³/mol. The Morgan fingerprint density at radius 1 is 1.00 bits per heavy atom. The molecule has 120 valence electrons. The van der Waals surface area contributed by atoms with E-state index in [1.54, 1.807) is 25.1 Å². The van der Waals surface area contributed by atoms with E-state index in [2.05, 4.69) is 5.32 Å². The molecule has 0 fully saturated rings. The molecule has 0 saturated heterocycles. The van der Waals surface area contributed by atoms with E-state index in [9.17, 15) is 4.57 Å². The van der Waals surface area contributed by atoms with Gasteiger partial charge in [-0.25, -0.2) is 0 Å². The van der Waals surface area contributed by atoms with Crippen LogP contribution in [-0.2, 0) is 13.6 Å². The fraction of sp³-hybridized carbons (Fsp3) is 0.571. The Balaban J connectivity index is 2.92. The maximum absolute atomic E-state index is 12.9. The normalized spacial score (nSPS) is 13.8. The van der Waals surface area contributed by atoms with Crippen molar-refractivity contribution in [2.75, 3.05) is 5.32 Å². The number of halogens is 2. The van der Waals surface area contributed by atoms with Gasteiger partial charge in [0, 0.05) is 5.69 Å². The highest BCUT2D eigenvalue weighted by molar-refractivity contribution is 7.54. The van der Waals surface area contributed by atoms with Crippen molar-refractivity contribution in [1.82, 2.24) is 0 Å². The fourth-order valence-electron chi connectivity index (χ4n) is 1.70. The van der Waals surface area contributed by atoms with Gasteiger partial charge >= 0.3 is 7.60 Å². The fourth-order valence-corrected chi connectivity index (χ4v) is 3.90. The van der Waals surface area contributed by atoms with Gasteiger partial charge in [-0.2, -0.15) is 0 Å². The van der Waals surface area contributed by atoms with Crippen molar-refractivity contribution in [2.45, 2.75) is 52.6 Å². The van der Waals surface area contributed by atoms with E-state index in [4.69, 9.17) is 32.2 Å². The second-order valence-electron chi connectivity index (χ2n) is 5.30. The van der Waals surface area contributed by atoms with E-state index >= 15 is 0 Å². The van der Waals surface area contributed by atoms with E-state index in [-0.39, 0.29) is 12.2 Å². The first-order valence-corrected chi connectivity index (χ1v) is 9.19. The molecule has 21 heavy (non-hydrogen) atoms. The van der Waals surface area contributed by atoms with Crippen LogP contribution in [0.1, 0.15) is 34.6 Å². The van der Waals surface area contributed by atoms with Gasteiger partial charge in [-0.15, -0.1) is 0 Å². The van der Waals surface area contributed by atoms with Gasteiger partial charge in [0.15, 0.2) is 0 Å². The minimum atomic E-state index is -3.30. The summed E-state index contributed by atoms with van der Waals surface area (Å²) >= 11 is 11.9. The molecular weight excluding hydrogens is 332 g/mol. The van der Waals surface area contributed by atoms with Crippen LogP contribution in [0.4, 0.5) is 5.69 Å². The lowest BCUT2D eigenvalue weighted by Crippen LogP contribution is -2.22. The number of benzene rings is 1. The quantitative estimate of drug-likeness (QED) is 0.629. The van der Waals surface area contributed by atoms with Crippen molar-refractivity contribution in [1.29, 1.82) is 0 Å². The van der Waals surface area contributed by atoms with E-state index in [1.807, 2.05) is 27.7 Å². The SMILES string of the molecule is CC(C)OP(=O)(OC(C)C)[C@@H](C)Nc1ccc(Cl)c(Cl)c1. The molecule has 1 aromatic carbocycles. The van der Waals surface area contributed by atoms with Crippen LogP contribution in [-0.4, -0.2) is 18.0 Å². The van der Waals surface area contributed by atoms with Crippen molar-refractivity contribution < 1.29 is 13.6 Å². The minimum Gasteiger partial charge on any atom is -0.372 e. The Morgan fingerprint density at radius 2 is 1.52 bits per heavy atom. The maximum atomic E-state index is 12.9. The summed E-state index contributed by atoms with van der Waals surface area (Å²) in [5, 5.41) is 4.00. The molecule has 0 amide bonds. The topological polar surface area (TPSA) is 47.6 Å². The Labute approximate surface area is 136 Å². The molecule has 1 atom stereocenters. The van der Waals surface area contributed by atoms with E-state index in [0.29, 0.717) is 15.7 Å². The molecule has 0 bridgehead atoms. The van der Waals surface area contributed by atoms with Gasteiger partial charge in [-0.1, -0.05) is 23.2 Å². The molecule has 0 aliphatic rings. The van der Waals surface area contributed by atoms with Crippen molar-refractivity contribution in [3.8, 4) is 0 Å². The Bertz CT molecular complexity index is 509. The highest BCUT2D eigenvalue weighted by atomic mass is 35.5. The van der Waals surface area contributed by atoms with Gasteiger partial charge in [0.25, 0.3) is 0 Å². The number of hydrogen-bond acceptors (Lipinski definition) is 4. The summed E-state index contributed by atoms with van der Waals surface area (Å²) in [6.45, 7) is 9.04. The zero-order valence-electron chi connectivity index (χ0n) is 12.9. The molecule has 7 heteroatoms. The van der Waals surface area contributed by atoms with E-state index < -0.39 is 13.4 Å². The lowest BCUT2D eigenvalue weighted by Gasteiger charge is -2.28. The summed E-state index contributed by atoms with van der Waals surface area (Å²) in [6, 6.07) is 5.12. The van der Waals surface area contributed by atoms with Crippen molar-refractivity contribution >= 4 is 36.5 Å². The third kappa shape index (κ3) is 5.80. The summed E-state index contributed by atoms with van der Waals surface area (Å²) in [5.74, 6) is -0.514. The second-order valence-corrected chi connectivity index (χ2v) is 8.39. The molecule has 0 unspecified atom stereocenters. The molecule has 0 aliphatic heterocycles. The molecule has 0 radical (unpaired) electrons. The largest absolute Gasteiger partial charge is 0.372 e. The van der Waals surface area contributed by atoms with Gasteiger partial charge < -0.3 is 14.4 Å². The molecule has 1 aromatic rings. The molecule has 0 spiro atoms. The number of anilines is 1. The van der Waals surface area contributed by atoms with Crippen LogP contribution in [0.2, 0.25) is 10.0 Å². The van der Waals surface area contributed by atoms with Crippen LogP contribution in [0.25, 0.3) is 0 Å². The van der Waals surface area contributed by atoms with Crippen LogP contribution >= 0.6 is 30.8 Å². The van der Waals surface area contributed by atoms with Gasteiger partial charge in [0.1, 0.15) is 5.78 Å². The smallest absolute Gasteiger partial charge is 0.352 e. The lowest BCUT2D eigenvalue weighted by atomic mass is 10.3. The van der Waals surface area contributed by atoms with Crippen LogP contribution in [0, 0.1) is 0 Å². The molecular formula is C14H22Cl2NO3P. The number of hydrogen-bond donors (Lipinski definition) is 1. The summed E-state index contributed by atoms with van der Waals surface area (Å²) in [6.07, 6.45) is -0.403. The Hall–Kier alpha value is -0.250. The summed E-state index contributed by atoms with van der Waals surface area (Å²) in [4.78, 5) is 0. The van der Waals surface area contributed by atoms with Crippen molar-refractivity contribution in [3.05, 3.63) is 28.2 Å². The molecule has 0 heterocycles. The molecule has 1 N–H and O–H groups in total. The van der Waals surface area contributed by atoms with Crippen LogP contribution in [0.15, 0.2) is 18.2 Å². The van der Waals surface area contributed by atoms with Crippen molar-refractivity contribution in [3.63, 3.8) is 0 Å². The van der Waals surface area contributed by atoms with E-state index in [1.165, 1.54) is 0 Å². The first-order valence-electron chi connectivity index (χ1n) is 6.82. The van der Waals surface area contributed by atoms with Crippen molar-refractivity contribution in [2.24, 2.45) is 0 Å². The molecule has 1 rings (SSSR count). The second kappa shape index (κ2) is 7.85. The Morgan fingerprint density at radius 3 is 1.95 bits per heavy atom. The summed E-state index contributed by atoms with van der Waals surface area (Å²) in [7, 11) is -3.30. The van der Waals surface area contributed by atoms with Gasteiger partial charge in [0.05, 0.1) is 22.3 Å². The molecule has 4 nitrogen and oxygen atoms in total. The van der Waals surface area contributed by atoms with Crippen LogP contribution < -0.4 is 5.32 Å². The molecule has 0 saturated carbocycles. The first-order chi connectivity index (χ1) is 9.64. The van der Waals surface area contributed by atoms with Crippen LogP contribution in [0.5, 0.6) is 0 Å². The predicted octanol–water partition coefficient (Wildman–Crippen LogP) is 5.79. The number of rotatable bonds is 7.